The Morgan fingerprint density at radius 2 is 1.97 bits per heavy atom. The third-order valence-electron chi connectivity index (χ3n) is 5.52. The second kappa shape index (κ2) is 10.2. The molecule has 0 radical (unpaired) electrons. The molecule has 186 valence electrons. The number of aromatic nitrogens is 2. The smallest absolute Gasteiger partial charge is 0.234 e. The Morgan fingerprint density at radius 1 is 1.23 bits per heavy atom. The van der Waals surface area contributed by atoms with Gasteiger partial charge in [0, 0.05) is 30.2 Å². The second-order valence-corrected chi connectivity index (χ2v) is 10.3. The SMILES string of the molecule is COc1cc2ncnc(Nc3ccc(F)c(Cl)c3)c2cc1OC1CCN(S(=O)(=O)CC(N)=O)CC1. The Kier molecular flexibility index (Phi) is 7.24. The van der Waals surface area contributed by atoms with Gasteiger partial charge in [-0.2, -0.15) is 0 Å². The molecule has 1 aliphatic rings. The minimum absolute atomic E-state index is 0.0248. The van der Waals surface area contributed by atoms with E-state index in [4.69, 9.17) is 26.8 Å². The van der Waals surface area contributed by atoms with Crippen molar-refractivity contribution in [3.8, 4) is 11.5 Å². The molecular formula is C22H23ClFN5O5S. The summed E-state index contributed by atoms with van der Waals surface area (Å²) in [5, 5.41) is 3.72. The molecule has 10 nitrogen and oxygen atoms in total. The maximum atomic E-state index is 13.5. The molecule has 1 saturated heterocycles. The van der Waals surface area contributed by atoms with Gasteiger partial charge in [-0.1, -0.05) is 11.6 Å². The van der Waals surface area contributed by atoms with E-state index < -0.39 is 27.5 Å². The zero-order chi connectivity index (χ0) is 25.2. The van der Waals surface area contributed by atoms with Crippen LogP contribution in [0.25, 0.3) is 10.9 Å². The molecule has 35 heavy (non-hydrogen) atoms. The molecule has 0 unspecified atom stereocenters. The quantitative estimate of drug-likeness (QED) is 0.460. The van der Waals surface area contributed by atoms with Crippen molar-refractivity contribution < 1.29 is 27.1 Å². The van der Waals surface area contributed by atoms with Crippen LogP contribution in [-0.2, 0) is 14.8 Å². The van der Waals surface area contributed by atoms with E-state index in [1.165, 1.54) is 35.9 Å². The molecule has 0 spiro atoms. The van der Waals surface area contributed by atoms with Crippen LogP contribution in [0.1, 0.15) is 12.8 Å². The number of methoxy groups -OCH3 is 1. The molecule has 0 saturated carbocycles. The van der Waals surface area contributed by atoms with Crippen LogP contribution in [-0.4, -0.2) is 60.7 Å². The Labute approximate surface area is 206 Å². The highest BCUT2D eigenvalue weighted by Crippen LogP contribution is 2.36. The highest BCUT2D eigenvalue weighted by atomic mass is 35.5. The maximum Gasteiger partial charge on any atom is 0.234 e. The minimum atomic E-state index is -3.74. The van der Waals surface area contributed by atoms with E-state index in [-0.39, 0.29) is 24.2 Å². The Bertz CT molecular complexity index is 1370. The molecule has 0 aliphatic carbocycles. The van der Waals surface area contributed by atoms with E-state index in [1.54, 1.807) is 12.1 Å². The van der Waals surface area contributed by atoms with E-state index in [9.17, 15) is 17.6 Å². The van der Waals surface area contributed by atoms with Gasteiger partial charge < -0.3 is 20.5 Å². The lowest BCUT2D eigenvalue weighted by molar-refractivity contribution is -0.115. The summed E-state index contributed by atoms with van der Waals surface area (Å²) in [6.07, 6.45) is 1.95. The number of nitrogens with zero attached hydrogens (tertiary/aromatic N) is 3. The number of primary amides is 1. The first kappa shape index (κ1) is 24.9. The highest BCUT2D eigenvalue weighted by molar-refractivity contribution is 7.89. The standard InChI is InChI=1S/C22H23ClFN5O5S/c1-33-19-10-18-15(22(27-12-26-18)28-13-2-3-17(24)16(23)8-13)9-20(19)34-14-4-6-29(7-5-14)35(31,32)11-21(25)30/h2-3,8-10,12,14H,4-7,11H2,1H3,(H2,25,30)(H,26,27,28). The van der Waals surface area contributed by atoms with Gasteiger partial charge in [-0.25, -0.2) is 27.1 Å². The average molecular weight is 524 g/mol. The van der Waals surface area contributed by atoms with Crippen molar-refractivity contribution in [1.29, 1.82) is 0 Å². The predicted molar refractivity (Wildman–Crippen MR) is 129 cm³/mol. The third-order valence-corrected chi connectivity index (χ3v) is 7.61. The molecule has 3 N–H and O–H groups in total. The number of hydrogen-bond acceptors (Lipinski definition) is 8. The van der Waals surface area contributed by atoms with Gasteiger partial charge in [-0.3, -0.25) is 4.79 Å². The van der Waals surface area contributed by atoms with Crippen molar-refractivity contribution in [3.63, 3.8) is 0 Å². The van der Waals surface area contributed by atoms with Crippen LogP contribution >= 0.6 is 11.6 Å². The van der Waals surface area contributed by atoms with Crippen LogP contribution in [0.3, 0.4) is 0 Å². The Hall–Kier alpha value is -3.22. The van der Waals surface area contributed by atoms with Gasteiger partial charge in [0.25, 0.3) is 0 Å². The number of carbonyl (C=O) groups is 1. The number of rotatable bonds is 8. The topological polar surface area (TPSA) is 137 Å². The van der Waals surface area contributed by atoms with Crippen LogP contribution in [0.15, 0.2) is 36.7 Å². The number of carbonyl (C=O) groups excluding carboxylic acids is 1. The van der Waals surface area contributed by atoms with E-state index in [0.29, 0.717) is 46.7 Å². The van der Waals surface area contributed by atoms with Gasteiger partial charge >= 0.3 is 0 Å². The number of halogens is 2. The zero-order valence-electron chi connectivity index (χ0n) is 18.7. The molecule has 4 rings (SSSR count). The number of benzene rings is 2. The van der Waals surface area contributed by atoms with Crippen LogP contribution in [0.4, 0.5) is 15.9 Å². The molecule has 1 amide bonds. The van der Waals surface area contributed by atoms with E-state index in [1.807, 2.05) is 0 Å². The number of ether oxygens (including phenoxy) is 2. The highest BCUT2D eigenvalue weighted by Gasteiger charge is 2.30. The van der Waals surface area contributed by atoms with Crippen molar-refractivity contribution in [1.82, 2.24) is 14.3 Å². The Balaban J connectivity index is 1.55. The number of sulfonamides is 1. The number of amides is 1. The zero-order valence-corrected chi connectivity index (χ0v) is 20.3. The van der Waals surface area contributed by atoms with E-state index in [0.717, 1.165) is 0 Å². The molecule has 0 atom stereocenters. The number of nitrogens with two attached hydrogens (primary N) is 1. The molecule has 1 aliphatic heterocycles. The van der Waals surface area contributed by atoms with Crippen molar-refractivity contribution in [2.75, 3.05) is 31.3 Å². The third kappa shape index (κ3) is 5.72. The summed E-state index contributed by atoms with van der Waals surface area (Å²) < 4.78 is 50.9. The van der Waals surface area contributed by atoms with Crippen LogP contribution < -0.4 is 20.5 Å². The van der Waals surface area contributed by atoms with Gasteiger partial charge in [-0.15, -0.1) is 0 Å². The fourth-order valence-corrected chi connectivity index (χ4v) is 5.29. The number of hydrogen-bond donors (Lipinski definition) is 2. The number of fused-ring (bicyclic) bond motifs is 1. The molecule has 1 aromatic heterocycles. The first-order valence-corrected chi connectivity index (χ1v) is 12.6. The van der Waals surface area contributed by atoms with E-state index >= 15 is 0 Å². The molecule has 3 aromatic rings. The molecule has 2 heterocycles. The molecule has 13 heteroatoms. The van der Waals surface area contributed by atoms with Gasteiger partial charge in [-0.05, 0) is 37.1 Å². The fraction of sp³-hybridized carbons (Fsp3) is 0.318. The normalized spacial score (nSPS) is 15.2. The first-order chi connectivity index (χ1) is 16.7. The van der Waals surface area contributed by atoms with Gasteiger partial charge in [0.15, 0.2) is 11.5 Å². The van der Waals surface area contributed by atoms with Crippen molar-refractivity contribution in [2.24, 2.45) is 5.73 Å². The second-order valence-electron chi connectivity index (χ2n) is 7.94. The lowest BCUT2D eigenvalue weighted by Crippen LogP contribution is -2.44. The monoisotopic (exact) mass is 523 g/mol. The molecular weight excluding hydrogens is 501 g/mol. The lowest BCUT2D eigenvalue weighted by Gasteiger charge is -2.31. The summed E-state index contributed by atoms with van der Waals surface area (Å²) >= 11 is 5.89. The largest absolute Gasteiger partial charge is 0.493 e. The van der Waals surface area contributed by atoms with E-state index in [2.05, 4.69) is 15.3 Å². The van der Waals surface area contributed by atoms with Crippen molar-refractivity contribution in [2.45, 2.75) is 18.9 Å². The summed E-state index contributed by atoms with van der Waals surface area (Å²) in [6, 6.07) is 7.68. The van der Waals surface area contributed by atoms with Gasteiger partial charge in [0.1, 0.15) is 29.8 Å². The van der Waals surface area contributed by atoms with Crippen LogP contribution in [0, 0.1) is 5.82 Å². The van der Waals surface area contributed by atoms with Crippen LogP contribution in [0.5, 0.6) is 11.5 Å². The first-order valence-electron chi connectivity index (χ1n) is 10.6. The molecule has 2 aromatic carbocycles. The predicted octanol–water partition coefficient (Wildman–Crippen LogP) is 2.83. The molecule has 0 bridgehead atoms. The fourth-order valence-electron chi connectivity index (χ4n) is 3.80. The lowest BCUT2D eigenvalue weighted by atomic mass is 10.1. The van der Waals surface area contributed by atoms with Crippen LogP contribution in [0.2, 0.25) is 5.02 Å². The summed E-state index contributed by atoms with van der Waals surface area (Å²) in [5.74, 6) is -0.786. The average Bonchev–Trinajstić information content (AvgIpc) is 2.81. The summed E-state index contributed by atoms with van der Waals surface area (Å²) in [4.78, 5) is 19.6. The maximum absolute atomic E-state index is 13.5. The van der Waals surface area contributed by atoms with Gasteiger partial charge in [0.05, 0.1) is 17.6 Å². The number of nitrogens with one attached hydrogen (secondary N) is 1. The minimum Gasteiger partial charge on any atom is -0.493 e. The molecule has 1 fully saturated rings. The van der Waals surface area contributed by atoms with Crippen molar-refractivity contribution >= 4 is 49.9 Å². The van der Waals surface area contributed by atoms with Crippen molar-refractivity contribution in [3.05, 3.63) is 47.5 Å². The summed E-state index contributed by atoms with van der Waals surface area (Å²) in [7, 11) is -2.23. The Morgan fingerprint density at radius 3 is 2.63 bits per heavy atom. The van der Waals surface area contributed by atoms with Gasteiger partial charge in [0.2, 0.25) is 15.9 Å². The summed E-state index contributed by atoms with van der Waals surface area (Å²) in [6.45, 7) is 0.412. The summed E-state index contributed by atoms with van der Waals surface area (Å²) in [5.41, 5.74) is 6.18. The number of piperidine rings is 1. The number of anilines is 2.